The Balaban J connectivity index is 2.72. The topological polar surface area (TPSA) is 37.4 Å². The molecule has 1 aromatic rings. The number of thiocarbonyl (C=S) groups is 1. The quantitative estimate of drug-likeness (QED) is 0.496. The van der Waals surface area contributed by atoms with Crippen molar-refractivity contribution >= 4 is 45.5 Å². The summed E-state index contributed by atoms with van der Waals surface area (Å²) in [7, 11) is -1.85. The molecule has 1 aliphatic heterocycles. The van der Waals surface area contributed by atoms with E-state index in [0.29, 0.717) is 8.78 Å². The third-order valence-electron chi connectivity index (χ3n) is 1.94. The van der Waals surface area contributed by atoms with Crippen LogP contribution in [0.4, 0.5) is 0 Å². The summed E-state index contributed by atoms with van der Waals surface area (Å²) in [5.41, 5.74) is 0. The van der Waals surface area contributed by atoms with E-state index in [9.17, 15) is 8.42 Å². The van der Waals surface area contributed by atoms with Gasteiger partial charge in [-0.15, -0.1) is 0 Å². The van der Waals surface area contributed by atoms with Gasteiger partial charge in [-0.1, -0.05) is 0 Å². The third kappa shape index (κ3) is 1.39. The van der Waals surface area contributed by atoms with Gasteiger partial charge in [0.05, 0.1) is 0 Å². The zero-order valence-electron chi connectivity index (χ0n) is 7.30. The van der Waals surface area contributed by atoms with Crippen molar-refractivity contribution in [2.45, 2.75) is 4.90 Å². The van der Waals surface area contributed by atoms with Crippen molar-refractivity contribution < 1.29 is 8.42 Å². The second kappa shape index (κ2) is 3.31. The zero-order chi connectivity index (χ0) is 10.3. The Labute approximate surface area is 94.3 Å². The van der Waals surface area contributed by atoms with Crippen LogP contribution in [0.1, 0.15) is 0 Å². The fourth-order valence-corrected chi connectivity index (χ4v) is 5.99. The molecule has 0 radical (unpaired) electrons. The van der Waals surface area contributed by atoms with E-state index in [-0.39, 0.29) is 15.0 Å². The summed E-state index contributed by atoms with van der Waals surface area (Å²) >= 11 is 4.98. The van der Waals surface area contributed by atoms with Crippen molar-refractivity contribution in [1.82, 2.24) is 4.31 Å². The first kappa shape index (κ1) is 10.1. The maximum atomic E-state index is 11.9. The normalized spacial score (nSPS) is 19.2. The second-order valence-corrected chi connectivity index (χ2v) is 7.86. The van der Waals surface area contributed by atoms with Crippen molar-refractivity contribution in [3.8, 4) is 0 Å². The Morgan fingerprint density at radius 2 is 2.00 bits per heavy atom. The predicted octanol–water partition coefficient (Wildman–Crippen LogP) is -0.0649. The van der Waals surface area contributed by atoms with Crippen LogP contribution in [0.2, 0.25) is 0 Å². The van der Waals surface area contributed by atoms with Crippen LogP contribution in [0, 0.1) is 0 Å². The van der Waals surface area contributed by atoms with Gasteiger partial charge in [-0.05, 0) is 0 Å². The van der Waals surface area contributed by atoms with Crippen molar-refractivity contribution in [3.05, 3.63) is 24.3 Å². The molecule has 0 fully saturated rings. The van der Waals surface area contributed by atoms with Gasteiger partial charge < -0.3 is 0 Å². The molecule has 1 aliphatic rings. The van der Waals surface area contributed by atoms with Gasteiger partial charge in [0.15, 0.2) is 0 Å². The molecule has 0 spiro atoms. The Morgan fingerprint density at radius 3 is 2.71 bits per heavy atom. The van der Waals surface area contributed by atoms with Crippen molar-refractivity contribution in [1.29, 1.82) is 0 Å². The summed E-state index contributed by atoms with van der Waals surface area (Å²) in [6.07, 6.45) is 0. The predicted molar refractivity (Wildman–Crippen MR) is 59.4 cm³/mol. The SMILES string of the molecule is CN1C(=S)[Se]c2ccccc2S1(=O)=O. The molecule has 0 saturated carbocycles. The molecule has 14 heavy (non-hydrogen) atoms. The molecule has 2 rings (SSSR count). The Hall–Kier alpha value is -0.421. The maximum absolute atomic E-state index is 11.9. The third-order valence-corrected chi connectivity index (χ3v) is 7.28. The molecular weight excluding hydrogens is 285 g/mol. The summed E-state index contributed by atoms with van der Waals surface area (Å²) in [6.45, 7) is 0. The summed E-state index contributed by atoms with van der Waals surface area (Å²) in [5.74, 6) is 0. The molecule has 0 atom stereocenters. The molecule has 6 heteroatoms. The number of fused-ring (bicyclic) bond motifs is 1. The number of benzene rings is 1. The van der Waals surface area contributed by atoms with E-state index >= 15 is 0 Å². The van der Waals surface area contributed by atoms with Gasteiger partial charge in [0.1, 0.15) is 0 Å². The van der Waals surface area contributed by atoms with E-state index in [2.05, 4.69) is 0 Å². The van der Waals surface area contributed by atoms with Gasteiger partial charge >= 0.3 is 94.5 Å². The number of hydrogen-bond acceptors (Lipinski definition) is 3. The molecule has 0 saturated heterocycles. The molecule has 3 nitrogen and oxygen atoms in total. The van der Waals surface area contributed by atoms with Crippen LogP contribution in [-0.4, -0.2) is 38.6 Å². The molecule has 0 aliphatic carbocycles. The molecule has 1 heterocycles. The molecule has 1 aromatic carbocycles. The van der Waals surface area contributed by atoms with Crippen molar-refractivity contribution in [2.24, 2.45) is 0 Å². The van der Waals surface area contributed by atoms with E-state index in [1.165, 1.54) is 11.4 Å². The summed E-state index contributed by atoms with van der Waals surface area (Å²) in [6, 6.07) is 7.02. The fourth-order valence-electron chi connectivity index (χ4n) is 1.15. The van der Waals surface area contributed by atoms with Crippen molar-refractivity contribution in [3.63, 3.8) is 0 Å². The van der Waals surface area contributed by atoms with Crippen LogP contribution in [0.25, 0.3) is 0 Å². The zero-order valence-corrected chi connectivity index (χ0v) is 10.6. The summed E-state index contributed by atoms with van der Waals surface area (Å²) in [5, 5.41) is 0. The average molecular weight is 292 g/mol. The first-order valence-electron chi connectivity index (χ1n) is 3.83. The number of hydrogen-bond donors (Lipinski definition) is 0. The Bertz CT molecular complexity index is 498. The molecule has 74 valence electrons. The molecule has 0 amide bonds. The number of nitrogens with zero attached hydrogens (tertiary/aromatic N) is 1. The van der Waals surface area contributed by atoms with Gasteiger partial charge in [-0.25, -0.2) is 0 Å². The summed E-state index contributed by atoms with van der Waals surface area (Å²) in [4.78, 5) is 0.399. The number of sulfonamides is 1. The average Bonchev–Trinajstić information content (AvgIpc) is 2.15. The fraction of sp³-hybridized carbons (Fsp3) is 0.125. The second-order valence-electron chi connectivity index (χ2n) is 2.79. The Morgan fingerprint density at radius 1 is 1.36 bits per heavy atom. The van der Waals surface area contributed by atoms with Crippen LogP contribution in [0.3, 0.4) is 0 Å². The van der Waals surface area contributed by atoms with Gasteiger partial charge in [0, 0.05) is 0 Å². The van der Waals surface area contributed by atoms with Crippen molar-refractivity contribution in [2.75, 3.05) is 7.05 Å². The monoisotopic (exact) mass is 293 g/mol. The van der Waals surface area contributed by atoms with Gasteiger partial charge in [-0.2, -0.15) is 0 Å². The van der Waals surface area contributed by atoms with E-state index in [1.807, 2.05) is 12.1 Å². The first-order valence-corrected chi connectivity index (χ1v) is 7.39. The van der Waals surface area contributed by atoms with E-state index in [1.54, 1.807) is 12.1 Å². The van der Waals surface area contributed by atoms with Crippen LogP contribution in [0.5, 0.6) is 0 Å². The molecular formula is C8H7NO2S2Se. The Kier molecular flexibility index (Phi) is 2.39. The molecule has 0 bridgehead atoms. The van der Waals surface area contributed by atoms with E-state index in [4.69, 9.17) is 12.2 Å². The summed E-state index contributed by atoms with van der Waals surface area (Å²) < 4.78 is 26.3. The van der Waals surface area contributed by atoms with E-state index < -0.39 is 10.0 Å². The molecule has 0 N–H and O–H groups in total. The van der Waals surface area contributed by atoms with Crippen LogP contribution >= 0.6 is 12.2 Å². The van der Waals surface area contributed by atoms with Gasteiger partial charge in [0.2, 0.25) is 0 Å². The van der Waals surface area contributed by atoms with Gasteiger partial charge in [0.25, 0.3) is 0 Å². The minimum atomic E-state index is -3.36. The van der Waals surface area contributed by atoms with Crippen LogP contribution in [-0.2, 0) is 10.0 Å². The van der Waals surface area contributed by atoms with Gasteiger partial charge in [-0.3, -0.25) is 0 Å². The minimum absolute atomic E-state index is 0.0496. The molecule has 0 aromatic heterocycles. The molecule has 0 unspecified atom stereocenters. The van der Waals surface area contributed by atoms with Crippen LogP contribution in [0.15, 0.2) is 29.2 Å². The van der Waals surface area contributed by atoms with E-state index in [0.717, 1.165) is 4.46 Å². The van der Waals surface area contributed by atoms with Crippen LogP contribution < -0.4 is 4.46 Å². The standard InChI is InChI=1S/C8H7NO2S2Se/c1-9-8(12)14-7-5-3-2-4-6(7)13(9,10)11/h2-5H,1H3. The first-order chi connectivity index (χ1) is 6.53. The number of rotatable bonds is 0.